The predicted octanol–water partition coefficient (Wildman–Crippen LogP) is 2.98. The van der Waals surface area contributed by atoms with Crippen LogP contribution in [0, 0.1) is 0 Å². The van der Waals surface area contributed by atoms with Gasteiger partial charge in [0.05, 0.1) is 0 Å². The zero-order valence-corrected chi connectivity index (χ0v) is 13.9. The molecule has 0 saturated carbocycles. The fourth-order valence-corrected chi connectivity index (χ4v) is 17.7. The van der Waals surface area contributed by atoms with E-state index in [1.165, 1.54) is 3.61 Å². The molecule has 1 nitrogen and oxygen atoms in total. The summed E-state index contributed by atoms with van der Waals surface area (Å²) in [6, 6.07) is 8.07. The summed E-state index contributed by atoms with van der Waals surface area (Å²) < 4.78 is 3.02. The molecule has 1 aromatic carbocycles. The Morgan fingerprint density at radius 2 is 1.86 bits per heavy atom. The van der Waals surface area contributed by atoms with E-state index in [1.54, 1.807) is 0 Å². The van der Waals surface area contributed by atoms with E-state index in [0.717, 1.165) is 20.0 Å². The molecule has 0 spiro atoms. The Balaban J connectivity index is 2.74. The quantitative estimate of drug-likeness (QED) is 0.432. The van der Waals surface area contributed by atoms with Crippen molar-refractivity contribution in [2.24, 2.45) is 0 Å². The number of rotatable bonds is 1. The normalized spacial score (nSPS) is 20.5. The van der Waals surface area contributed by atoms with Crippen molar-refractivity contribution in [2.75, 3.05) is 0 Å². The molecule has 1 aromatic rings. The monoisotopic (exact) mass is 496 g/mol. The summed E-state index contributed by atoms with van der Waals surface area (Å²) >= 11 is 8.24. The van der Waals surface area contributed by atoms with Gasteiger partial charge in [-0.05, 0) is 0 Å². The number of hydrogen-bond acceptors (Lipinski definition) is 1. The van der Waals surface area contributed by atoms with Crippen LogP contribution in [0.3, 0.4) is 0 Å². The molecule has 0 fully saturated rings. The molecule has 2 rings (SSSR count). The summed E-state index contributed by atoms with van der Waals surface area (Å²) in [5, 5.41) is 0. The number of hydrogen-bond donors (Lipinski definition) is 0. The fraction of sp³-hybridized carbons (Fsp3) is 0. The van der Waals surface area contributed by atoms with Gasteiger partial charge in [0.2, 0.25) is 0 Å². The Morgan fingerprint density at radius 1 is 1.21 bits per heavy atom. The third-order valence-corrected chi connectivity index (χ3v) is 18.1. The molecule has 0 N–H and O–H groups in total. The second-order valence-electron chi connectivity index (χ2n) is 2.76. The van der Waals surface area contributed by atoms with Gasteiger partial charge >= 0.3 is 108 Å². The number of aldehydes is 1. The first-order valence-corrected chi connectivity index (χ1v) is 17.3. The van der Waals surface area contributed by atoms with Gasteiger partial charge in [0.25, 0.3) is 0 Å². The topological polar surface area (TPSA) is 17.1 Å². The van der Waals surface area contributed by atoms with Crippen LogP contribution in [-0.4, -0.2) is 20.1 Å². The van der Waals surface area contributed by atoms with Gasteiger partial charge in [0.1, 0.15) is 0 Å². The minimum atomic E-state index is -2.62. The molecule has 0 saturated heterocycles. The van der Waals surface area contributed by atoms with E-state index in [1.807, 2.05) is 18.2 Å². The third-order valence-electron chi connectivity index (χ3n) is 2.00. The minimum absolute atomic E-state index is 0.855. The number of allylic oxidation sites excluding steroid dienone is 1. The van der Waals surface area contributed by atoms with Crippen molar-refractivity contribution in [1.82, 2.24) is 0 Å². The first-order chi connectivity index (χ1) is 6.59. The molecule has 0 aromatic heterocycles. The van der Waals surface area contributed by atoms with Crippen LogP contribution >= 0.6 is 41.4 Å². The molecule has 0 amide bonds. The van der Waals surface area contributed by atoms with E-state index < -0.39 is 13.8 Å². The number of carbonyl (C=O) groups is 1. The van der Waals surface area contributed by atoms with Crippen molar-refractivity contribution >= 4 is 69.6 Å². The molecule has 0 atom stereocenters. The van der Waals surface area contributed by atoms with Crippen molar-refractivity contribution in [1.29, 1.82) is 0 Å². The Kier molecular flexibility index (Phi) is 3.26. The van der Waals surface area contributed by atoms with Gasteiger partial charge in [-0.25, -0.2) is 0 Å². The Bertz CT molecular complexity index is 439. The SMILES string of the molecule is O=CC1=C(Br)c2ccccc2[Te]1(Br)Br. The van der Waals surface area contributed by atoms with Crippen LogP contribution in [0.1, 0.15) is 5.56 Å². The Morgan fingerprint density at radius 3 is 2.43 bits per heavy atom. The zero-order valence-electron chi connectivity index (χ0n) is 6.84. The van der Waals surface area contributed by atoms with Gasteiger partial charge in [0.15, 0.2) is 0 Å². The van der Waals surface area contributed by atoms with Crippen molar-refractivity contribution in [2.45, 2.75) is 0 Å². The number of fused-ring (bicyclic) bond motifs is 1. The maximum absolute atomic E-state index is 11.0. The van der Waals surface area contributed by atoms with Crippen LogP contribution in [0.5, 0.6) is 0 Å². The zero-order chi connectivity index (χ0) is 10.3. The third kappa shape index (κ3) is 1.58. The van der Waals surface area contributed by atoms with E-state index in [4.69, 9.17) is 0 Å². The summed E-state index contributed by atoms with van der Waals surface area (Å²) in [7, 11) is 0. The summed E-state index contributed by atoms with van der Waals surface area (Å²) in [4.78, 5) is 11.0. The molecule has 1 aliphatic rings. The summed E-state index contributed by atoms with van der Waals surface area (Å²) in [6.45, 7) is 0. The van der Waals surface area contributed by atoms with Crippen LogP contribution in [-0.2, 0) is 4.79 Å². The standard InChI is InChI=1S/C9H5Br3OTe/c10-9-6-3-1-2-4-7(6)14(11,12)8(9)5-13/h1-5H. The van der Waals surface area contributed by atoms with Gasteiger partial charge in [-0.15, -0.1) is 0 Å². The van der Waals surface area contributed by atoms with E-state index in [2.05, 4.69) is 47.5 Å². The Labute approximate surface area is 106 Å². The second kappa shape index (κ2) is 4.03. The number of carbonyl (C=O) groups excluding carboxylic acids is 1. The van der Waals surface area contributed by atoms with Gasteiger partial charge in [-0.1, -0.05) is 0 Å². The van der Waals surface area contributed by atoms with Gasteiger partial charge < -0.3 is 0 Å². The molecule has 5 heteroatoms. The fourth-order valence-electron chi connectivity index (χ4n) is 1.35. The average molecular weight is 496 g/mol. The van der Waals surface area contributed by atoms with Crippen LogP contribution in [0.15, 0.2) is 27.9 Å². The van der Waals surface area contributed by atoms with Gasteiger partial charge in [-0.3, -0.25) is 0 Å². The molecule has 1 aliphatic heterocycles. The van der Waals surface area contributed by atoms with E-state index >= 15 is 0 Å². The van der Waals surface area contributed by atoms with Crippen molar-refractivity contribution in [3.05, 3.63) is 33.4 Å². The predicted molar refractivity (Wildman–Crippen MR) is 71.6 cm³/mol. The maximum atomic E-state index is 11.0. The molecule has 1 heterocycles. The molecule has 0 bridgehead atoms. The second-order valence-corrected chi connectivity index (χ2v) is 27.6. The van der Waals surface area contributed by atoms with E-state index in [0.29, 0.717) is 0 Å². The molecule has 0 aliphatic carbocycles. The van der Waals surface area contributed by atoms with Gasteiger partial charge in [-0.2, -0.15) is 0 Å². The molecular formula is C9H5Br3OTe. The molecule has 0 radical (unpaired) electrons. The van der Waals surface area contributed by atoms with Crippen molar-refractivity contribution in [3.63, 3.8) is 0 Å². The first kappa shape index (κ1) is 11.3. The van der Waals surface area contributed by atoms with Crippen LogP contribution in [0.25, 0.3) is 4.48 Å². The average Bonchev–Trinajstić information content (AvgIpc) is 2.36. The summed E-state index contributed by atoms with van der Waals surface area (Å²) in [5.74, 6) is 0. The molecule has 0 unspecified atom stereocenters. The van der Waals surface area contributed by atoms with Crippen LogP contribution in [0.4, 0.5) is 0 Å². The molecule has 74 valence electrons. The van der Waals surface area contributed by atoms with E-state index in [9.17, 15) is 4.79 Å². The summed E-state index contributed by atoms with van der Waals surface area (Å²) in [5.41, 5.74) is 1.13. The number of halogens is 3. The molecule has 14 heavy (non-hydrogen) atoms. The van der Waals surface area contributed by atoms with Gasteiger partial charge in [0, 0.05) is 0 Å². The summed E-state index contributed by atoms with van der Waals surface area (Å²) in [6.07, 6.45) is 0.939. The molecular weight excluding hydrogens is 491 g/mol. The van der Waals surface area contributed by atoms with Crippen LogP contribution < -0.4 is 3.61 Å². The number of benzene rings is 1. The Hall–Kier alpha value is 0.860. The van der Waals surface area contributed by atoms with E-state index in [-0.39, 0.29) is 0 Å². The van der Waals surface area contributed by atoms with Crippen molar-refractivity contribution < 1.29 is 4.79 Å². The first-order valence-electron chi connectivity index (χ1n) is 3.76. The van der Waals surface area contributed by atoms with Crippen LogP contribution in [0.2, 0.25) is 0 Å². The van der Waals surface area contributed by atoms with Crippen molar-refractivity contribution in [3.8, 4) is 0 Å².